The van der Waals surface area contributed by atoms with Gasteiger partial charge in [0.2, 0.25) is 0 Å². The van der Waals surface area contributed by atoms with Crippen LogP contribution in [-0.2, 0) is 0 Å². The monoisotopic (exact) mass is 207 g/mol. The average molecular weight is 207 g/mol. The van der Waals surface area contributed by atoms with Crippen LogP contribution in [0.1, 0.15) is 13.3 Å². The van der Waals surface area contributed by atoms with E-state index in [2.05, 4.69) is 0 Å². The highest BCUT2D eigenvalue weighted by Gasteiger charge is 2.57. The lowest BCUT2D eigenvalue weighted by atomic mass is 9.76. The first kappa shape index (κ1) is 11.3. The number of aliphatic hydroxyl groups is 4. The summed E-state index contributed by atoms with van der Waals surface area (Å²) >= 11 is 0. The van der Waals surface area contributed by atoms with Gasteiger partial charge in [-0.25, -0.2) is 0 Å². The predicted molar refractivity (Wildman–Crippen MR) is 44.0 cm³/mol. The highest BCUT2D eigenvalue weighted by molar-refractivity contribution is 5.01. The average Bonchev–Trinajstić information content (AvgIpc) is 1.98. The molecule has 7 nitrogen and oxygen atoms in total. The zero-order chi connectivity index (χ0) is 11.1. The largest absolute Gasteiger partial charge is 0.390 e. The summed E-state index contributed by atoms with van der Waals surface area (Å²) in [6.45, 7) is 1.02. The standard InChI is InChI=1S/C7H13NO6/c1-7(12)5(8(13)14)3(9)2-4(10)6(7)11/h3-6,9-12H,2H2,1H3/t3-,4-,5+,6+,7-/m1/s1. The fraction of sp³-hybridized carbons (Fsp3) is 1.00. The molecule has 0 aromatic heterocycles. The van der Waals surface area contributed by atoms with Gasteiger partial charge in [-0.3, -0.25) is 10.1 Å². The Hall–Kier alpha value is -0.760. The van der Waals surface area contributed by atoms with E-state index in [9.17, 15) is 30.5 Å². The van der Waals surface area contributed by atoms with E-state index in [1.807, 2.05) is 0 Å². The third-order valence-electron chi connectivity index (χ3n) is 2.64. The van der Waals surface area contributed by atoms with E-state index in [0.29, 0.717) is 0 Å². The molecule has 1 aliphatic carbocycles. The van der Waals surface area contributed by atoms with E-state index in [1.165, 1.54) is 0 Å². The molecule has 1 saturated carbocycles. The smallest absolute Gasteiger partial charge is 0.269 e. The van der Waals surface area contributed by atoms with Crippen molar-refractivity contribution in [1.82, 2.24) is 0 Å². The summed E-state index contributed by atoms with van der Waals surface area (Å²) in [4.78, 5) is 9.68. The molecule has 0 radical (unpaired) electrons. The van der Waals surface area contributed by atoms with Crippen molar-refractivity contribution in [2.24, 2.45) is 0 Å². The first-order chi connectivity index (χ1) is 6.28. The van der Waals surface area contributed by atoms with E-state index >= 15 is 0 Å². The second kappa shape index (κ2) is 3.43. The molecule has 0 aromatic rings. The van der Waals surface area contributed by atoms with E-state index < -0.39 is 34.9 Å². The molecule has 0 amide bonds. The fourth-order valence-corrected chi connectivity index (χ4v) is 1.81. The van der Waals surface area contributed by atoms with Crippen LogP contribution in [0.5, 0.6) is 0 Å². The van der Waals surface area contributed by atoms with Crippen molar-refractivity contribution in [3.05, 3.63) is 10.1 Å². The molecular formula is C7H13NO6. The van der Waals surface area contributed by atoms with Gasteiger partial charge in [0, 0.05) is 11.3 Å². The normalized spacial score (nSPS) is 48.9. The van der Waals surface area contributed by atoms with Gasteiger partial charge >= 0.3 is 0 Å². The third-order valence-corrected chi connectivity index (χ3v) is 2.64. The van der Waals surface area contributed by atoms with Gasteiger partial charge in [0.15, 0.2) is 5.60 Å². The van der Waals surface area contributed by atoms with E-state index in [4.69, 9.17) is 0 Å². The Morgan fingerprint density at radius 1 is 1.36 bits per heavy atom. The molecule has 0 spiro atoms. The summed E-state index contributed by atoms with van der Waals surface area (Å²) in [5.74, 6) is 0. The lowest BCUT2D eigenvalue weighted by molar-refractivity contribution is -0.566. The summed E-state index contributed by atoms with van der Waals surface area (Å²) in [6, 6.07) is -1.68. The Labute approximate surface area is 79.8 Å². The predicted octanol–water partition coefficient (Wildman–Crippen LogP) is -2.13. The molecule has 0 bridgehead atoms. The molecule has 1 rings (SSSR count). The highest BCUT2D eigenvalue weighted by Crippen LogP contribution is 2.30. The molecule has 7 heteroatoms. The van der Waals surface area contributed by atoms with Crippen LogP contribution >= 0.6 is 0 Å². The summed E-state index contributed by atoms with van der Waals surface area (Å²) in [7, 11) is 0. The van der Waals surface area contributed by atoms with Gasteiger partial charge < -0.3 is 20.4 Å². The Balaban J connectivity index is 2.99. The molecule has 0 unspecified atom stereocenters. The number of hydrogen-bond acceptors (Lipinski definition) is 6. The number of hydrogen-bond donors (Lipinski definition) is 4. The number of nitrogens with zero attached hydrogens (tertiary/aromatic N) is 1. The van der Waals surface area contributed by atoms with Crippen molar-refractivity contribution in [2.75, 3.05) is 0 Å². The van der Waals surface area contributed by atoms with Crippen molar-refractivity contribution in [2.45, 2.75) is 43.3 Å². The Kier molecular flexibility index (Phi) is 2.77. The minimum Gasteiger partial charge on any atom is -0.390 e. The van der Waals surface area contributed by atoms with Crippen LogP contribution in [0.3, 0.4) is 0 Å². The van der Waals surface area contributed by atoms with Crippen LogP contribution in [0.2, 0.25) is 0 Å². The summed E-state index contributed by atoms with van der Waals surface area (Å²) < 4.78 is 0. The van der Waals surface area contributed by atoms with Gasteiger partial charge in [-0.1, -0.05) is 0 Å². The fourth-order valence-electron chi connectivity index (χ4n) is 1.81. The van der Waals surface area contributed by atoms with Crippen molar-refractivity contribution in [3.63, 3.8) is 0 Å². The van der Waals surface area contributed by atoms with E-state index in [-0.39, 0.29) is 6.42 Å². The Bertz CT molecular complexity index is 242. The molecular weight excluding hydrogens is 194 g/mol. The van der Waals surface area contributed by atoms with Crippen LogP contribution < -0.4 is 0 Å². The minimum atomic E-state index is -2.12. The maximum absolute atomic E-state index is 10.5. The molecule has 1 aliphatic rings. The molecule has 0 heterocycles. The molecule has 14 heavy (non-hydrogen) atoms. The molecule has 1 fully saturated rings. The maximum Gasteiger partial charge on any atom is 0.269 e. The van der Waals surface area contributed by atoms with Gasteiger partial charge in [0.1, 0.15) is 12.2 Å². The first-order valence-electron chi connectivity index (χ1n) is 4.18. The van der Waals surface area contributed by atoms with Crippen molar-refractivity contribution in [1.29, 1.82) is 0 Å². The summed E-state index contributed by atoms with van der Waals surface area (Å²) in [5.41, 5.74) is -2.12. The summed E-state index contributed by atoms with van der Waals surface area (Å²) in [5, 5.41) is 47.9. The SMILES string of the molecule is C[C@@]1(O)[C@@H]([N+](=O)[O-])[C@H](O)C[C@@H](O)[C@@H]1O. The van der Waals surface area contributed by atoms with Gasteiger partial charge in [0.05, 0.1) is 6.10 Å². The van der Waals surface area contributed by atoms with Crippen molar-refractivity contribution >= 4 is 0 Å². The van der Waals surface area contributed by atoms with Crippen LogP contribution in [0.15, 0.2) is 0 Å². The third kappa shape index (κ3) is 1.59. The van der Waals surface area contributed by atoms with Gasteiger partial charge in [0.25, 0.3) is 6.04 Å². The van der Waals surface area contributed by atoms with E-state index in [0.717, 1.165) is 6.92 Å². The number of nitro groups is 1. The Morgan fingerprint density at radius 3 is 2.29 bits per heavy atom. The minimum absolute atomic E-state index is 0.317. The topological polar surface area (TPSA) is 124 Å². The second-order valence-corrected chi connectivity index (χ2v) is 3.77. The Morgan fingerprint density at radius 2 is 1.86 bits per heavy atom. The first-order valence-corrected chi connectivity index (χ1v) is 4.18. The van der Waals surface area contributed by atoms with Gasteiger partial charge in [-0.2, -0.15) is 0 Å². The van der Waals surface area contributed by atoms with Crippen molar-refractivity contribution in [3.8, 4) is 0 Å². The quantitative estimate of drug-likeness (QED) is 0.287. The molecule has 0 aromatic carbocycles. The number of rotatable bonds is 1. The van der Waals surface area contributed by atoms with Gasteiger partial charge in [-0.05, 0) is 6.92 Å². The lowest BCUT2D eigenvalue weighted by Crippen LogP contribution is -2.66. The maximum atomic E-state index is 10.5. The van der Waals surface area contributed by atoms with E-state index in [1.54, 1.807) is 0 Å². The van der Waals surface area contributed by atoms with Crippen molar-refractivity contribution < 1.29 is 25.3 Å². The molecule has 4 N–H and O–H groups in total. The molecule has 0 aliphatic heterocycles. The summed E-state index contributed by atoms with van der Waals surface area (Å²) in [6.07, 6.45) is -4.75. The van der Waals surface area contributed by atoms with Crippen LogP contribution in [-0.4, -0.2) is 55.3 Å². The van der Waals surface area contributed by atoms with Gasteiger partial charge in [-0.15, -0.1) is 0 Å². The number of aliphatic hydroxyl groups excluding tert-OH is 3. The molecule has 0 saturated heterocycles. The zero-order valence-electron chi connectivity index (χ0n) is 7.57. The van der Waals surface area contributed by atoms with Crippen LogP contribution in [0.25, 0.3) is 0 Å². The second-order valence-electron chi connectivity index (χ2n) is 3.77. The highest BCUT2D eigenvalue weighted by atomic mass is 16.6. The molecule has 5 atom stereocenters. The van der Waals surface area contributed by atoms with Crippen LogP contribution in [0.4, 0.5) is 0 Å². The molecule has 82 valence electrons. The lowest BCUT2D eigenvalue weighted by Gasteiger charge is -2.40. The zero-order valence-corrected chi connectivity index (χ0v) is 7.57. The van der Waals surface area contributed by atoms with Crippen LogP contribution in [0, 0.1) is 10.1 Å².